The molecule has 0 bridgehead atoms. The Kier molecular flexibility index (Phi) is 5.19. The molecule has 0 radical (unpaired) electrons. The van der Waals surface area contributed by atoms with Crippen molar-refractivity contribution in [3.63, 3.8) is 0 Å². The highest BCUT2D eigenvalue weighted by Gasteiger charge is 2.70. The SMILES string of the molecule is CO[C@H]1CCC2C3(C)CC[C@@]4(C)C5CC(C)(C)CC[C@]5(C)CCC4(C)C3CC[C@]2(C)[C@H]1C. The molecule has 0 aliphatic heterocycles. The molecule has 0 aromatic rings. The molecular weight excluding hydrogens is 388 g/mol. The van der Waals surface area contributed by atoms with Crippen LogP contribution in [0.15, 0.2) is 0 Å². The number of hydrogen-bond donors (Lipinski definition) is 0. The number of rotatable bonds is 1. The van der Waals surface area contributed by atoms with Crippen molar-refractivity contribution in [2.75, 3.05) is 7.11 Å². The van der Waals surface area contributed by atoms with Crippen molar-refractivity contribution >= 4 is 0 Å². The molecule has 0 heterocycles. The lowest BCUT2D eigenvalue weighted by molar-refractivity contribution is -0.263. The molecule has 1 nitrogen and oxygen atoms in total. The molecule has 184 valence electrons. The third-order valence-corrected chi connectivity index (χ3v) is 14.2. The Morgan fingerprint density at radius 3 is 1.91 bits per heavy atom. The Labute approximate surface area is 200 Å². The number of fused-ring (bicyclic) bond motifs is 7. The maximum absolute atomic E-state index is 6.00. The van der Waals surface area contributed by atoms with Crippen molar-refractivity contribution in [3.8, 4) is 0 Å². The van der Waals surface area contributed by atoms with Gasteiger partial charge in [0, 0.05) is 7.11 Å². The van der Waals surface area contributed by atoms with Crippen LogP contribution in [0.25, 0.3) is 0 Å². The van der Waals surface area contributed by atoms with E-state index < -0.39 is 0 Å². The molecule has 0 spiro atoms. The molecule has 0 aromatic heterocycles. The van der Waals surface area contributed by atoms with E-state index in [-0.39, 0.29) is 0 Å². The quantitative estimate of drug-likeness (QED) is 0.394. The molecule has 0 amide bonds. The van der Waals surface area contributed by atoms with E-state index in [1.54, 1.807) is 0 Å². The molecule has 5 unspecified atom stereocenters. The molecule has 5 rings (SSSR count). The fraction of sp³-hybridized carbons (Fsp3) is 1.00. The molecule has 1 heteroatoms. The minimum absolute atomic E-state index is 0.463. The second-order valence-corrected chi connectivity index (χ2v) is 15.7. The van der Waals surface area contributed by atoms with Crippen LogP contribution in [0.5, 0.6) is 0 Å². The van der Waals surface area contributed by atoms with Gasteiger partial charge in [0.05, 0.1) is 6.10 Å². The highest BCUT2D eigenvalue weighted by Crippen LogP contribution is 2.78. The normalized spacial score (nSPS) is 59.3. The summed E-state index contributed by atoms with van der Waals surface area (Å²) in [4.78, 5) is 0. The van der Waals surface area contributed by atoms with E-state index in [9.17, 15) is 0 Å². The van der Waals surface area contributed by atoms with Crippen LogP contribution in [-0.4, -0.2) is 13.2 Å². The van der Waals surface area contributed by atoms with Gasteiger partial charge in [-0.2, -0.15) is 0 Å². The van der Waals surface area contributed by atoms with Gasteiger partial charge in [-0.15, -0.1) is 0 Å². The zero-order valence-electron chi connectivity index (χ0n) is 23.1. The second-order valence-electron chi connectivity index (χ2n) is 15.7. The van der Waals surface area contributed by atoms with Crippen molar-refractivity contribution in [3.05, 3.63) is 0 Å². The van der Waals surface area contributed by atoms with Gasteiger partial charge in [-0.3, -0.25) is 0 Å². The van der Waals surface area contributed by atoms with Gasteiger partial charge in [0.15, 0.2) is 0 Å². The summed E-state index contributed by atoms with van der Waals surface area (Å²) in [5.74, 6) is 3.40. The van der Waals surface area contributed by atoms with Gasteiger partial charge in [-0.25, -0.2) is 0 Å². The first-order valence-electron chi connectivity index (χ1n) is 14.3. The third-order valence-electron chi connectivity index (χ3n) is 14.2. The summed E-state index contributed by atoms with van der Waals surface area (Å²) in [6.45, 7) is 21.4. The Bertz CT molecular complexity index is 756. The molecule has 10 atom stereocenters. The monoisotopic (exact) mass is 442 g/mol. The molecule has 0 saturated heterocycles. The summed E-state index contributed by atoms with van der Waals surface area (Å²) < 4.78 is 6.00. The fourth-order valence-corrected chi connectivity index (χ4v) is 11.7. The standard InChI is InChI=1S/C31H54O/c1-21-22(32-9)10-11-23-28(21,5)13-12-24-29(23,6)17-19-31(8)25-20-26(2,3)14-15-27(25,4)16-18-30(24,31)7/h21-25H,10-20H2,1-9H3/t21-,22-,23?,24?,25?,27+,28+,29?,30?,31-/m0/s1. The van der Waals surface area contributed by atoms with E-state index in [0.717, 1.165) is 17.8 Å². The van der Waals surface area contributed by atoms with Crippen LogP contribution in [0, 0.1) is 56.2 Å². The highest BCUT2D eigenvalue weighted by atomic mass is 16.5. The lowest BCUT2D eigenvalue weighted by Gasteiger charge is -2.75. The lowest BCUT2D eigenvalue weighted by Crippen LogP contribution is -2.68. The minimum atomic E-state index is 0.463. The van der Waals surface area contributed by atoms with Crippen LogP contribution in [0.1, 0.15) is 126 Å². The van der Waals surface area contributed by atoms with E-state index in [1.165, 1.54) is 70.6 Å². The zero-order valence-corrected chi connectivity index (χ0v) is 23.1. The molecule has 0 N–H and O–H groups in total. The largest absolute Gasteiger partial charge is 0.381 e. The predicted molar refractivity (Wildman–Crippen MR) is 136 cm³/mol. The fourth-order valence-electron chi connectivity index (χ4n) is 11.7. The highest BCUT2D eigenvalue weighted by molar-refractivity contribution is 5.19. The van der Waals surface area contributed by atoms with Crippen LogP contribution in [0.4, 0.5) is 0 Å². The second kappa shape index (κ2) is 7.01. The zero-order chi connectivity index (χ0) is 23.4. The van der Waals surface area contributed by atoms with Gasteiger partial charge in [-0.1, -0.05) is 55.4 Å². The number of methoxy groups -OCH3 is 1. The van der Waals surface area contributed by atoms with Crippen molar-refractivity contribution in [1.82, 2.24) is 0 Å². The molecule has 32 heavy (non-hydrogen) atoms. The van der Waals surface area contributed by atoms with Crippen LogP contribution < -0.4 is 0 Å². The van der Waals surface area contributed by atoms with Crippen LogP contribution in [0.2, 0.25) is 0 Å². The number of hydrogen-bond acceptors (Lipinski definition) is 1. The van der Waals surface area contributed by atoms with E-state index >= 15 is 0 Å². The van der Waals surface area contributed by atoms with E-state index in [2.05, 4.69) is 55.4 Å². The average Bonchev–Trinajstić information content (AvgIpc) is 2.72. The maximum atomic E-state index is 6.00. The summed E-state index contributed by atoms with van der Waals surface area (Å²) in [6, 6.07) is 0. The first-order valence-corrected chi connectivity index (χ1v) is 14.3. The van der Waals surface area contributed by atoms with Crippen molar-refractivity contribution in [2.24, 2.45) is 56.2 Å². The summed E-state index contributed by atoms with van der Waals surface area (Å²) in [5.41, 5.74) is 3.14. The van der Waals surface area contributed by atoms with E-state index in [4.69, 9.17) is 4.74 Å². The average molecular weight is 443 g/mol. The van der Waals surface area contributed by atoms with Crippen LogP contribution in [-0.2, 0) is 4.74 Å². The Morgan fingerprint density at radius 2 is 1.22 bits per heavy atom. The number of ether oxygens (including phenoxy) is 1. The summed E-state index contributed by atoms with van der Waals surface area (Å²) in [6.07, 6.45) is 16.3. The molecule has 0 aromatic carbocycles. The Hall–Kier alpha value is -0.0400. The summed E-state index contributed by atoms with van der Waals surface area (Å²) in [7, 11) is 1.95. The third kappa shape index (κ3) is 2.85. The van der Waals surface area contributed by atoms with Gasteiger partial charge in [0.25, 0.3) is 0 Å². The first kappa shape index (κ1) is 23.7. The van der Waals surface area contributed by atoms with E-state index in [1.807, 2.05) is 7.11 Å². The van der Waals surface area contributed by atoms with Gasteiger partial charge in [0.2, 0.25) is 0 Å². The first-order chi connectivity index (χ1) is 14.8. The van der Waals surface area contributed by atoms with Gasteiger partial charge >= 0.3 is 0 Å². The molecule has 5 saturated carbocycles. The van der Waals surface area contributed by atoms with Crippen molar-refractivity contribution in [2.45, 2.75) is 132 Å². The van der Waals surface area contributed by atoms with Crippen LogP contribution >= 0.6 is 0 Å². The predicted octanol–water partition coefficient (Wildman–Crippen LogP) is 8.90. The summed E-state index contributed by atoms with van der Waals surface area (Å²) in [5, 5.41) is 0. The smallest absolute Gasteiger partial charge is 0.0602 e. The minimum Gasteiger partial charge on any atom is -0.381 e. The molecule has 5 fully saturated rings. The molecular formula is C31H54O. The van der Waals surface area contributed by atoms with E-state index in [0.29, 0.717) is 44.5 Å². The maximum Gasteiger partial charge on any atom is 0.0602 e. The Morgan fingerprint density at radius 1 is 0.594 bits per heavy atom. The van der Waals surface area contributed by atoms with Crippen molar-refractivity contribution < 1.29 is 4.74 Å². The van der Waals surface area contributed by atoms with Gasteiger partial charge in [-0.05, 0) is 127 Å². The van der Waals surface area contributed by atoms with Crippen molar-refractivity contribution in [1.29, 1.82) is 0 Å². The van der Waals surface area contributed by atoms with Gasteiger partial charge < -0.3 is 4.74 Å². The Balaban J connectivity index is 1.52. The van der Waals surface area contributed by atoms with Gasteiger partial charge in [0.1, 0.15) is 0 Å². The van der Waals surface area contributed by atoms with Crippen LogP contribution in [0.3, 0.4) is 0 Å². The molecule has 5 aliphatic rings. The topological polar surface area (TPSA) is 9.23 Å². The summed E-state index contributed by atoms with van der Waals surface area (Å²) >= 11 is 0. The lowest BCUT2D eigenvalue weighted by atomic mass is 9.30. The molecule has 5 aliphatic carbocycles.